The van der Waals surface area contributed by atoms with E-state index in [4.69, 9.17) is 82.5 Å². The Bertz CT molecular complexity index is 4560. The van der Waals surface area contributed by atoms with Gasteiger partial charge in [-0.3, -0.25) is 69.8 Å². The molecule has 4 rings (SSSR count). The van der Waals surface area contributed by atoms with Crippen LogP contribution in [0.3, 0.4) is 0 Å². The molecule has 0 aliphatic carbocycles. The summed E-state index contributed by atoms with van der Waals surface area (Å²) in [6.45, 7) is -1.91. The van der Waals surface area contributed by atoms with Gasteiger partial charge in [0.2, 0.25) is 70.3 Å². The van der Waals surface area contributed by atoms with Crippen molar-refractivity contribution < 1.29 is 176 Å². The average molecular weight is 2100 g/mol. The Morgan fingerprint density at radius 1 is 0.299 bits per heavy atom. The number of nitrogens with one attached hydrogen (secondary N) is 20. The van der Waals surface area contributed by atoms with Crippen molar-refractivity contribution in [3.63, 3.8) is 0 Å². The predicted molar refractivity (Wildman–Crippen MR) is 508 cm³/mol. The third-order valence-electron chi connectivity index (χ3n) is 22.2. The first kappa shape index (κ1) is 125. The summed E-state index contributed by atoms with van der Waals surface area (Å²) < 4.78 is 44.1. The fraction of sp³-hybridized carbons (Fsp3) is 0.671. The van der Waals surface area contributed by atoms with E-state index in [1.807, 2.05) is 0 Å². The zero-order valence-electron chi connectivity index (χ0n) is 81.6. The number of ether oxygens (including phenoxy) is 8. The monoisotopic (exact) mass is 2100 g/mol. The van der Waals surface area contributed by atoms with Gasteiger partial charge in [0.05, 0.1) is 101 Å². The standard InChI is InChI=1S/C85H142N26O36/c1-42(116)102-62-46(106-78(86)87)30-54(74(128)129)140-70(62)66(50(120)38-112)144-82(136)98-24-14-8-6-5-7-12-20-94-58(124)34-111(37-61(127)97-23-18-19-27-101-85(139)147-69(53(123)41-115)73-65(105-45(4)119)49(109-81(92)93)33-57(143-73)77(134)135)29-28-110(36-60(126)96-22-16-11-17-26-100-84(138)146-68(52(122)40-114)72-64(104-44(3)118)48(108-80(90)91)32-56(142-72)76(132)133)35-59(125)95-21-13-9-10-15-25-99-83(137)145-67(51(121)39-113)71-63(103-43(2)117)47(107-79(88)89)31-55(141-71)75(130)131/h30-33,46-53,62-73,112-115,120-123H,5-29,34-41H2,1-4H3,(H,94,124)(H,95,125)(H,96,126)(H,97,127)(H,98,136)(H,99,137)(H,100,138)(H,101,139)(H,102,116)(H,103,117)(H,104,118)(H,105,119)(H,128,129)(H,130,131)(H,132,133)(H,134,135)(H4,86,87,106)(H4,88,89,107)(H4,90,91,108)(H4,92,93,109)/t46-,47-,48-,49-,50?,51?,52?,53?,62+,63+,64+,65+,66+,67+,68+,69+,70-,71+,72+,73+/m0/s1. The van der Waals surface area contributed by atoms with E-state index in [1.54, 1.807) is 0 Å². The lowest BCUT2D eigenvalue weighted by atomic mass is 9.92. The highest BCUT2D eigenvalue weighted by Crippen LogP contribution is 2.31. The van der Waals surface area contributed by atoms with Gasteiger partial charge in [-0.2, -0.15) is 0 Å². The number of amides is 12. The molecule has 0 bridgehead atoms. The molecule has 0 aromatic rings. The molecule has 4 aliphatic rings. The number of alkyl carbamates (subject to hydrolysis) is 4. The normalized spacial score (nSPS) is 20.8. The van der Waals surface area contributed by atoms with E-state index in [2.05, 4.69) is 85.1 Å². The highest BCUT2D eigenvalue weighted by molar-refractivity contribution is 5.89. The van der Waals surface area contributed by atoms with Gasteiger partial charge in [0.15, 0.2) is 72.7 Å². The van der Waals surface area contributed by atoms with Crippen molar-refractivity contribution in [2.75, 3.05) is 118 Å². The van der Waals surface area contributed by atoms with Crippen molar-refractivity contribution in [2.24, 2.45) is 22.9 Å². The van der Waals surface area contributed by atoms with Crippen molar-refractivity contribution in [1.29, 1.82) is 21.6 Å². The topological polar surface area (TPSA) is 988 Å². The first-order valence-corrected chi connectivity index (χ1v) is 47.0. The van der Waals surface area contributed by atoms with Gasteiger partial charge in [-0.25, -0.2) is 38.4 Å². The molecular weight excluding hydrogens is 1960 g/mol. The van der Waals surface area contributed by atoms with Crippen LogP contribution in [0.15, 0.2) is 47.3 Å². The summed E-state index contributed by atoms with van der Waals surface area (Å²) in [5.41, 5.74) is 22.1. The highest BCUT2D eigenvalue weighted by Gasteiger charge is 2.52. The number of nitrogens with zero attached hydrogens (tertiary/aromatic N) is 2. The Morgan fingerprint density at radius 3 is 0.639 bits per heavy atom. The predicted octanol–water partition coefficient (Wildman–Crippen LogP) is -11.4. The summed E-state index contributed by atoms with van der Waals surface area (Å²) in [4.78, 5) is 209. The second-order valence-electron chi connectivity index (χ2n) is 34.2. The molecule has 12 amide bonds. The van der Waals surface area contributed by atoms with Crippen LogP contribution in [0.25, 0.3) is 0 Å². The molecule has 0 saturated heterocycles. The van der Waals surface area contributed by atoms with Crippen LogP contribution in [0.5, 0.6) is 0 Å². The zero-order valence-corrected chi connectivity index (χ0v) is 81.6. The Hall–Kier alpha value is -14.4. The van der Waals surface area contributed by atoms with E-state index < -0.39 is 317 Å². The first-order valence-electron chi connectivity index (χ1n) is 47.0. The molecule has 0 spiro atoms. The second kappa shape index (κ2) is 65.8. The minimum absolute atomic E-state index is 0.0288. The van der Waals surface area contributed by atoms with Gasteiger partial charge in [0.25, 0.3) is 0 Å². The molecule has 4 heterocycles. The summed E-state index contributed by atoms with van der Waals surface area (Å²) in [5.74, 6) is -17.1. The van der Waals surface area contributed by atoms with Crippen molar-refractivity contribution in [3.05, 3.63) is 47.3 Å². The largest absolute Gasteiger partial charge is 0.477 e. The molecule has 0 aromatic heterocycles. The number of unbranched alkanes of at least 4 members (excludes halogenated alkanes) is 11. The molecule has 20 atom stereocenters. The molecule has 147 heavy (non-hydrogen) atoms. The molecule has 62 heteroatoms. The number of rotatable bonds is 66. The molecular formula is C85H142N26O36. The summed E-state index contributed by atoms with van der Waals surface area (Å²) >= 11 is 0. The Balaban J connectivity index is 1.51. The van der Waals surface area contributed by atoms with Crippen LogP contribution in [0.2, 0.25) is 0 Å². The van der Waals surface area contributed by atoms with Gasteiger partial charge < -0.3 is 207 Å². The smallest absolute Gasteiger partial charge is 0.407 e. The van der Waals surface area contributed by atoms with Crippen molar-refractivity contribution in [2.45, 2.75) is 246 Å². The SMILES string of the molecule is CC(=O)N[C@H]1[C@H]([C@H](OC(=O)NCCCCCCNC(=O)CN(CCN(CC(=O)NCCCCCCCCNC(=O)O[C@H](C(O)CO)[C@H]2OC(C(=O)O)=C[C@H](NC(=N)N)[C@H]2NC(C)=O)CC(=O)NCCCCNC(=O)O[C@H](C(O)CO)[C@@H]2OC(C(=O)O)=C[C@H](NC(=N)N)[C@H]2NC(C)=O)CC(=O)NCCCCCNC(=O)O[C@H](C(O)CO)[C@@H]2OC(C(=O)O)=C[C@H](NC(=N)N)[C@H]2NC(C)=O)C(O)CO)OC(C(=O)O)=C[C@@H]1NC(=N)N. The van der Waals surface area contributed by atoms with Gasteiger partial charge >= 0.3 is 48.3 Å². The maximum absolute atomic E-state index is 13.9. The van der Waals surface area contributed by atoms with Crippen LogP contribution >= 0.6 is 0 Å². The van der Waals surface area contributed by atoms with Gasteiger partial charge in [0.1, 0.15) is 24.4 Å². The summed E-state index contributed by atoms with van der Waals surface area (Å²) in [6.07, 6.45) is -16.4. The maximum atomic E-state index is 13.9. The van der Waals surface area contributed by atoms with Crippen LogP contribution in [0.1, 0.15) is 124 Å². The number of aliphatic hydroxyl groups excluding tert-OH is 8. The number of aliphatic hydroxyl groups is 8. The van der Waals surface area contributed by atoms with Crippen LogP contribution < -0.4 is 108 Å². The number of carboxylic acids is 4. The van der Waals surface area contributed by atoms with Gasteiger partial charge in [-0.1, -0.05) is 38.5 Å². The molecule has 62 nitrogen and oxygen atoms in total. The number of carbonyl (C=O) groups excluding carboxylic acids is 12. The number of carbonyl (C=O) groups is 16. The van der Waals surface area contributed by atoms with Crippen LogP contribution in [0.4, 0.5) is 19.2 Å². The lowest BCUT2D eigenvalue weighted by molar-refractivity contribution is -0.147. The third-order valence-corrected chi connectivity index (χ3v) is 22.2. The van der Waals surface area contributed by atoms with Gasteiger partial charge in [-0.05, 0) is 82.1 Å². The van der Waals surface area contributed by atoms with Crippen LogP contribution in [-0.2, 0) is 95.4 Å². The minimum Gasteiger partial charge on any atom is -0.477 e. The Labute approximate surface area is 842 Å². The molecule has 4 unspecified atom stereocenters. The van der Waals surface area contributed by atoms with E-state index in [0.29, 0.717) is 70.6 Å². The first-order chi connectivity index (χ1) is 69.6. The fourth-order valence-corrected chi connectivity index (χ4v) is 15.6. The summed E-state index contributed by atoms with van der Waals surface area (Å²) in [7, 11) is 0. The number of nitrogens with two attached hydrogens (primary N) is 4. The maximum Gasteiger partial charge on any atom is 0.407 e. The Morgan fingerprint density at radius 2 is 0.469 bits per heavy atom. The van der Waals surface area contributed by atoms with E-state index in [-0.39, 0.29) is 91.1 Å². The van der Waals surface area contributed by atoms with Crippen molar-refractivity contribution in [3.8, 4) is 0 Å². The third kappa shape index (κ3) is 46.7. The van der Waals surface area contributed by atoms with E-state index in [1.165, 1.54) is 9.80 Å². The number of guanidine groups is 4. The number of hydrogen-bond donors (Lipinski definition) is 36. The van der Waals surface area contributed by atoms with Gasteiger partial charge in [-0.15, -0.1) is 0 Å². The molecule has 828 valence electrons. The van der Waals surface area contributed by atoms with Gasteiger partial charge in [0, 0.05) is 93.1 Å². The lowest BCUT2D eigenvalue weighted by Crippen LogP contribution is -2.65. The number of hydrogen-bond acceptors (Lipinski definition) is 38. The molecule has 0 saturated carbocycles. The molecule has 0 radical (unpaired) electrons. The van der Waals surface area contributed by atoms with Crippen LogP contribution in [0, 0.1) is 21.6 Å². The molecule has 40 N–H and O–H groups in total. The summed E-state index contributed by atoms with van der Waals surface area (Å²) in [5, 5.41) is 194. The average Bonchev–Trinajstić information content (AvgIpc) is 0.801. The lowest BCUT2D eigenvalue weighted by Gasteiger charge is -2.41. The Kier molecular flexibility index (Phi) is 55.9. The highest BCUT2D eigenvalue weighted by atomic mass is 16.6. The fourth-order valence-electron chi connectivity index (χ4n) is 15.6. The minimum atomic E-state index is -1.94. The molecule has 0 fully saturated rings. The van der Waals surface area contributed by atoms with E-state index in [9.17, 15) is 138 Å². The number of carboxylic acid groups (broad SMARTS) is 4. The van der Waals surface area contributed by atoms with Crippen molar-refractivity contribution in [1.82, 2.24) is 94.9 Å². The second-order valence-corrected chi connectivity index (χ2v) is 34.2. The zero-order chi connectivity index (χ0) is 110. The van der Waals surface area contributed by atoms with E-state index in [0.717, 1.165) is 52.0 Å². The number of aliphatic carboxylic acids is 4. The van der Waals surface area contributed by atoms with Crippen molar-refractivity contribution >= 4 is 119 Å². The van der Waals surface area contributed by atoms with Crippen LogP contribution in [-0.4, -0.2) is 430 Å². The quantitative estimate of drug-likeness (QED) is 0.0116. The molecule has 0 aromatic carbocycles. The van der Waals surface area contributed by atoms with E-state index >= 15 is 0 Å². The summed E-state index contributed by atoms with van der Waals surface area (Å²) in [6, 6.07) is -10.4. The molecule has 4 aliphatic heterocycles.